The smallest absolute Gasteiger partial charge is 0.416 e. The second kappa shape index (κ2) is 8.17. The molecule has 168 valence electrons. The van der Waals surface area contributed by atoms with Gasteiger partial charge in [0, 0.05) is 5.56 Å². The van der Waals surface area contributed by atoms with E-state index in [1.165, 1.54) is 24.3 Å². The molecular weight excluding hydrogens is 459 g/mol. The third-order valence-corrected chi connectivity index (χ3v) is 6.41. The molecule has 7 nitrogen and oxygen atoms in total. The van der Waals surface area contributed by atoms with Crippen LogP contribution in [0.3, 0.4) is 0 Å². The van der Waals surface area contributed by atoms with E-state index in [1.54, 1.807) is 30.3 Å². The Hall–Kier alpha value is -3.99. The van der Waals surface area contributed by atoms with Crippen molar-refractivity contribution in [3.63, 3.8) is 0 Å². The highest BCUT2D eigenvalue weighted by Crippen LogP contribution is 2.35. The molecule has 0 fully saturated rings. The average Bonchev–Trinajstić information content (AvgIpc) is 3.25. The average molecular weight is 473 g/mol. The van der Waals surface area contributed by atoms with Crippen LogP contribution in [0.4, 0.5) is 13.2 Å². The SMILES string of the molecule is O=C(O)c1cccc(-n2nnc(S(=O)(=O)c3cccc(C(F)(F)F)c3)c2-c2ccccc2)c1. The van der Waals surface area contributed by atoms with Crippen molar-refractivity contribution in [3.05, 3.63) is 90.0 Å². The number of carbonyl (C=O) groups is 1. The molecule has 0 bridgehead atoms. The van der Waals surface area contributed by atoms with E-state index in [-0.39, 0.29) is 16.9 Å². The molecule has 0 amide bonds. The zero-order valence-corrected chi connectivity index (χ0v) is 17.4. The van der Waals surface area contributed by atoms with Crippen molar-refractivity contribution in [1.29, 1.82) is 0 Å². The van der Waals surface area contributed by atoms with Crippen LogP contribution in [-0.2, 0) is 16.0 Å². The van der Waals surface area contributed by atoms with Gasteiger partial charge in [0.15, 0.2) is 0 Å². The predicted octanol–water partition coefficient (Wildman–Crippen LogP) is 4.48. The summed E-state index contributed by atoms with van der Waals surface area (Å²) >= 11 is 0. The normalized spacial score (nSPS) is 12.0. The first-order chi connectivity index (χ1) is 15.6. The van der Waals surface area contributed by atoms with Crippen molar-refractivity contribution in [2.45, 2.75) is 16.1 Å². The molecule has 1 heterocycles. The first-order valence-electron chi connectivity index (χ1n) is 9.36. The van der Waals surface area contributed by atoms with Crippen LogP contribution in [0.25, 0.3) is 16.9 Å². The zero-order valence-electron chi connectivity index (χ0n) is 16.6. The third kappa shape index (κ3) is 4.22. The molecule has 1 aromatic heterocycles. The Bertz CT molecular complexity index is 1450. The number of carboxylic acid groups (broad SMARTS) is 1. The molecule has 3 aromatic carbocycles. The van der Waals surface area contributed by atoms with Gasteiger partial charge in [-0.3, -0.25) is 0 Å². The van der Waals surface area contributed by atoms with Gasteiger partial charge in [0.25, 0.3) is 0 Å². The highest BCUT2D eigenvalue weighted by Gasteiger charge is 2.34. The maximum atomic E-state index is 13.3. The molecule has 0 aliphatic carbocycles. The largest absolute Gasteiger partial charge is 0.478 e. The number of alkyl halides is 3. The van der Waals surface area contributed by atoms with E-state index in [0.717, 1.165) is 22.9 Å². The lowest BCUT2D eigenvalue weighted by Crippen LogP contribution is -2.09. The highest BCUT2D eigenvalue weighted by molar-refractivity contribution is 7.91. The number of nitrogens with zero attached hydrogens (tertiary/aromatic N) is 3. The summed E-state index contributed by atoms with van der Waals surface area (Å²) in [5, 5.41) is 16.4. The lowest BCUT2D eigenvalue weighted by atomic mass is 10.1. The lowest BCUT2D eigenvalue weighted by molar-refractivity contribution is -0.137. The van der Waals surface area contributed by atoms with Crippen molar-refractivity contribution in [1.82, 2.24) is 15.0 Å². The number of hydrogen-bond donors (Lipinski definition) is 1. The Labute approximate surface area is 185 Å². The third-order valence-electron chi connectivity index (χ3n) is 4.75. The number of halogens is 3. The molecule has 11 heteroatoms. The fourth-order valence-electron chi connectivity index (χ4n) is 3.19. The van der Waals surface area contributed by atoms with Gasteiger partial charge >= 0.3 is 12.1 Å². The van der Waals surface area contributed by atoms with Crippen molar-refractivity contribution < 1.29 is 31.5 Å². The minimum Gasteiger partial charge on any atom is -0.478 e. The number of sulfone groups is 1. The summed E-state index contributed by atoms with van der Waals surface area (Å²) in [5.41, 5.74) is -0.619. The Morgan fingerprint density at radius 3 is 2.27 bits per heavy atom. The Balaban J connectivity index is 1.96. The number of benzene rings is 3. The van der Waals surface area contributed by atoms with Gasteiger partial charge in [-0.2, -0.15) is 13.2 Å². The summed E-state index contributed by atoms with van der Waals surface area (Å²) in [7, 11) is -4.52. The van der Waals surface area contributed by atoms with Gasteiger partial charge in [-0.15, -0.1) is 5.10 Å². The molecule has 33 heavy (non-hydrogen) atoms. The summed E-state index contributed by atoms with van der Waals surface area (Å²) in [5.74, 6) is -1.20. The number of rotatable bonds is 5. The van der Waals surface area contributed by atoms with Crippen LogP contribution in [0.15, 0.2) is 88.8 Å². The number of aromatic carboxylic acids is 1. The standard InChI is InChI=1S/C22H14F3N3O4S/c23-22(24,25)16-9-5-11-18(13-16)33(31,32)20-19(14-6-2-1-3-7-14)28(27-26-20)17-10-4-8-15(12-17)21(29)30/h1-13H,(H,29,30). The van der Waals surface area contributed by atoms with Crippen molar-refractivity contribution >= 4 is 15.8 Å². The Morgan fingerprint density at radius 1 is 0.909 bits per heavy atom. The molecule has 0 saturated carbocycles. The molecule has 0 unspecified atom stereocenters. The maximum absolute atomic E-state index is 13.3. The molecule has 0 saturated heterocycles. The van der Waals surface area contributed by atoms with Crippen molar-refractivity contribution in [2.24, 2.45) is 0 Å². The van der Waals surface area contributed by atoms with E-state index >= 15 is 0 Å². The van der Waals surface area contributed by atoms with Crippen LogP contribution in [0.5, 0.6) is 0 Å². The van der Waals surface area contributed by atoms with E-state index in [0.29, 0.717) is 11.6 Å². The topological polar surface area (TPSA) is 102 Å². The quantitative estimate of drug-likeness (QED) is 0.459. The van der Waals surface area contributed by atoms with Crippen LogP contribution in [-0.4, -0.2) is 34.5 Å². The van der Waals surface area contributed by atoms with E-state index < -0.39 is 37.5 Å². The summed E-state index contributed by atoms with van der Waals surface area (Å²) < 4.78 is 67.3. The van der Waals surface area contributed by atoms with Crippen LogP contribution < -0.4 is 0 Å². The number of carboxylic acids is 1. The van der Waals surface area contributed by atoms with Gasteiger partial charge in [0.2, 0.25) is 14.9 Å². The zero-order chi connectivity index (χ0) is 23.8. The second-order valence-electron chi connectivity index (χ2n) is 6.91. The van der Waals surface area contributed by atoms with Gasteiger partial charge in [-0.25, -0.2) is 17.9 Å². The molecule has 0 atom stereocenters. The van der Waals surface area contributed by atoms with Gasteiger partial charge in [0.05, 0.1) is 21.7 Å². The molecule has 0 spiro atoms. The van der Waals surface area contributed by atoms with E-state index in [9.17, 15) is 31.5 Å². The van der Waals surface area contributed by atoms with Crippen LogP contribution in [0, 0.1) is 0 Å². The highest BCUT2D eigenvalue weighted by atomic mass is 32.2. The summed E-state index contributed by atoms with van der Waals surface area (Å²) in [6.45, 7) is 0. The minimum atomic E-state index is -4.73. The second-order valence-corrected chi connectivity index (χ2v) is 8.77. The number of hydrogen-bond acceptors (Lipinski definition) is 5. The fraction of sp³-hybridized carbons (Fsp3) is 0.0455. The van der Waals surface area contributed by atoms with Crippen LogP contribution in [0.2, 0.25) is 0 Å². The van der Waals surface area contributed by atoms with Gasteiger partial charge in [0.1, 0.15) is 5.69 Å². The van der Waals surface area contributed by atoms with E-state index in [1.807, 2.05) is 0 Å². The lowest BCUT2D eigenvalue weighted by Gasteiger charge is -2.11. The summed E-state index contributed by atoms with van der Waals surface area (Å²) in [6.07, 6.45) is -4.73. The molecular formula is C22H14F3N3O4S. The first kappa shape index (κ1) is 22.2. The molecule has 4 rings (SSSR count). The van der Waals surface area contributed by atoms with Crippen LogP contribution in [0.1, 0.15) is 15.9 Å². The first-order valence-corrected chi connectivity index (χ1v) is 10.8. The Kier molecular flexibility index (Phi) is 5.50. The van der Waals surface area contributed by atoms with Gasteiger partial charge < -0.3 is 5.11 Å². The monoisotopic (exact) mass is 473 g/mol. The maximum Gasteiger partial charge on any atom is 0.416 e. The minimum absolute atomic E-state index is 0.0180. The molecule has 4 aromatic rings. The summed E-state index contributed by atoms with van der Waals surface area (Å²) in [4.78, 5) is 10.8. The molecule has 1 N–H and O–H groups in total. The van der Waals surface area contributed by atoms with Gasteiger partial charge in [-0.05, 0) is 36.4 Å². The van der Waals surface area contributed by atoms with Crippen LogP contribution >= 0.6 is 0 Å². The van der Waals surface area contributed by atoms with E-state index in [4.69, 9.17) is 0 Å². The van der Waals surface area contributed by atoms with E-state index in [2.05, 4.69) is 10.3 Å². The number of aromatic nitrogens is 3. The fourth-order valence-corrected chi connectivity index (χ4v) is 4.56. The molecule has 0 radical (unpaired) electrons. The van der Waals surface area contributed by atoms with Crippen molar-refractivity contribution in [2.75, 3.05) is 0 Å². The predicted molar refractivity (Wildman–Crippen MR) is 111 cm³/mol. The van der Waals surface area contributed by atoms with Crippen molar-refractivity contribution in [3.8, 4) is 16.9 Å². The summed E-state index contributed by atoms with van der Waals surface area (Å²) in [6, 6.07) is 17.1. The Morgan fingerprint density at radius 2 is 1.61 bits per heavy atom. The van der Waals surface area contributed by atoms with Gasteiger partial charge in [-0.1, -0.05) is 47.7 Å². The molecule has 0 aliphatic rings. The molecule has 0 aliphatic heterocycles.